The fourth-order valence-electron chi connectivity index (χ4n) is 4.96. The summed E-state index contributed by atoms with van der Waals surface area (Å²) in [6, 6.07) is 6.60. The van der Waals surface area contributed by atoms with Gasteiger partial charge in [-0.3, -0.25) is 14.4 Å². The highest BCUT2D eigenvalue weighted by atomic mass is 28.4. The van der Waals surface area contributed by atoms with Crippen LogP contribution in [0.25, 0.3) is 0 Å². The molecule has 52 heavy (non-hydrogen) atoms. The molecule has 3 N–H and O–H groups in total. The van der Waals surface area contributed by atoms with Crippen molar-refractivity contribution in [2.45, 2.75) is 164 Å². The van der Waals surface area contributed by atoms with E-state index in [2.05, 4.69) is 49.8 Å². The van der Waals surface area contributed by atoms with Gasteiger partial charge >= 0.3 is 18.0 Å². The second-order valence-corrected chi connectivity index (χ2v) is 22.0. The second-order valence-electron chi connectivity index (χ2n) is 17.2. The van der Waals surface area contributed by atoms with Crippen LogP contribution in [0.3, 0.4) is 0 Å². The number of nitrogens with one attached hydrogen (secondary N) is 3. The lowest BCUT2D eigenvalue weighted by atomic mass is 9.96. The number of carbonyl (C=O) groups excluding carboxylic acids is 5. The van der Waals surface area contributed by atoms with Crippen LogP contribution >= 0.6 is 0 Å². The van der Waals surface area contributed by atoms with Crippen molar-refractivity contribution in [2.24, 2.45) is 17.8 Å². The maximum atomic E-state index is 13.7. The van der Waals surface area contributed by atoms with Crippen LogP contribution in [0.2, 0.25) is 18.1 Å². The maximum absolute atomic E-state index is 13.7. The van der Waals surface area contributed by atoms with Crippen LogP contribution in [-0.2, 0) is 44.4 Å². The van der Waals surface area contributed by atoms with Crippen LogP contribution in [0.5, 0.6) is 0 Å². The van der Waals surface area contributed by atoms with E-state index < -0.39 is 80.0 Å². The number of carbonyl (C=O) groups is 5. The summed E-state index contributed by atoms with van der Waals surface area (Å²) in [5.74, 6) is -3.08. The highest BCUT2D eigenvalue weighted by Gasteiger charge is 2.43. The van der Waals surface area contributed by atoms with Gasteiger partial charge in [0.2, 0.25) is 5.91 Å². The number of alkyl carbamates (subject to hydrolysis) is 1. The van der Waals surface area contributed by atoms with E-state index in [4.69, 9.17) is 18.6 Å². The van der Waals surface area contributed by atoms with Crippen LogP contribution in [0.15, 0.2) is 30.3 Å². The number of hydrogen-bond donors (Lipinski definition) is 3. The van der Waals surface area contributed by atoms with E-state index >= 15 is 0 Å². The Morgan fingerprint density at radius 2 is 1.35 bits per heavy atom. The number of hydrogen-bond acceptors (Lipinski definition) is 9. The first kappa shape index (κ1) is 46.6. The van der Waals surface area contributed by atoms with E-state index in [0.29, 0.717) is 0 Å². The minimum absolute atomic E-state index is 0.00937. The molecule has 0 aromatic heterocycles. The summed E-state index contributed by atoms with van der Waals surface area (Å²) in [6.45, 7) is 28.4. The SMILES string of the molecule is CC(C)C[C@H](NC(=O)[C@@H](OC(=O)C[C@H](O[Si](C)(C)C(C)(C)C)C(NC(=O)OC(C)(C)C)C(C)C)C(C)C)C(=O)N[C@@H](C)C(=O)OCc1ccccc1. The van der Waals surface area contributed by atoms with E-state index in [-0.39, 0.29) is 36.3 Å². The van der Waals surface area contributed by atoms with Crippen LogP contribution in [0.1, 0.15) is 108 Å². The van der Waals surface area contributed by atoms with Crippen LogP contribution in [-0.4, -0.2) is 74.1 Å². The number of amides is 3. The van der Waals surface area contributed by atoms with Crippen molar-refractivity contribution in [1.82, 2.24) is 16.0 Å². The Morgan fingerprint density at radius 1 is 0.769 bits per heavy atom. The van der Waals surface area contributed by atoms with E-state index in [1.54, 1.807) is 34.6 Å². The van der Waals surface area contributed by atoms with Crippen molar-refractivity contribution in [1.29, 1.82) is 0 Å². The molecule has 3 amide bonds. The van der Waals surface area contributed by atoms with Crippen LogP contribution in [0.4, 0.5) is 4.79 Å². The lowest BCUT2D eigenvalue weighted by Gasteiger charge is -2.42. The third kappa shape index (κ3) is 16.5. The Labute approximate surface area is 313 Å². The molecule has 1 aromatic rings. The average molecular weight is 750 g/mol. The fraction of sp³-hybridized carbons (Fsp3) is 0.718. The zero-order chi connectivity index (χ0) is 40.2. The molecule has 0 fully saturated rings. The van der Waals surface area contributed by atoms with E-state index in [0.717, 1.165) is 5.56 Å². The molecule has 0 aliphatic heterocycles. The summed E-state index contributed by atoms with van der Waals surface area (Å²) in [7, 11) is -2.48. The van der Waals surface area contributed by atoms with E-state index in [1.165, 1.54) is 6.92 Å². The summed E-state index contributed by atoms with van der Waals surface area (Å²) in [5.41, 5.74) is 0.0807. The second kappa shape index (κ2) is 20.1. The smallest absolute Gasteiger partial charge is 0.407 e. The summed E-state index contributed by atoms with van der Waals surface area (Å²) in [4.78, 5) is 66.4. The highest BCUT2D eigenvalue weighted by Crippen LogP contribution is 2.38. The van der Waals surface area contributed by atoms with Gasteiger partial charge in [0.25, 0.3) is 5.91 Å². The average Bonchev–Trinajstić information content (AvgIpc) is 2.98. The van der Waals surface area contributed by atoms with Crippen LogP contribution in [0, 0.1) is 17.8 Å². The predicted octanol–water partition coefficient (Wildman–Crippen LogP) is 6.66. The zero-order valence-corrected chi connectivity index (χ0v) is 35.3. The molecular formula is C39H67N3O9Si. The Balaban J connectivity index is 3.19. The fourth-order valence-corrected chi connectivity index (χ4v) is 6.30. The molecule has 0 bridgehead atoms. The quantitative estimate of drug-likeness (QED) is 0.0848. The first-order valence-electron chi connectivity index (χ1n) is 18.4. The molecular weight excluding hydrogens is 683 g/mol. The lowest BCUT2D eigenvalue weighted by molar-refractivity contribution is -0.161. The Bertz CT molecular complexity index is 1320. The Kier molecular flexibility index (Phi) is 18.0. The number of esters is 2. The molecule has 1 unspecified atom stereocenters. The summed E-state index contributed by atoms with van der Waals surface area (Å²) in [6.07, 6.45) is -2.60. The van der Waals surface area contributed by atoms with Crippen molar-refractivity contribution < 1.29 is 42.6 Å². The molecule has 1 rings (SSSR count). The monoisotopic (exact) mass is 749 g/mol. The minimum Gasteiger partial charge on any atom is -0.459 e. The van der Waals surface area contributed by atoms with E-state index in [9.17, 15) is 24.0 Å². The highest BCUT2D eigenvalue weighted by molar-refractivity contribution is 6.74. The molecule has 0 aliphatic rings. The third-order valence-electron chi connectivity index (χ3n) is 8.82. The van der Waals surface area contributed by atoms with Gasteiger partial charge in [0.05, 0.1) is 18.6 Å². The number of ether oxygens (including phenoxy) is 3. The summed E-state index contributed by atoms with van der Waals surface area (Å²) in [5, 5.41) is 8.13. The van der Waals surface area contributed by atoms with Crippen molar-refractivity contribution in [2.75, 3.05) is 0 Å². The molecule has 0 radical (unpaired) electrons. The standard InChI is InChI=1S/C39H67N3O9Si/c1-24(2)21-29(34(44)40-27(7)36(46)48-23-28-19-17-16-18-20-28)41-35(45)33(26(5)6)49-31(43)22-30(51-52(14,15)39(11,12)13)32(25(3)4)42-37(47)50-38(8,9)10/h16-20,24-27,29-30,32-33H,21-23H2,1-15H3,(H,40,44)(H,41,45)(H,42,47)/t27-,29-,30-,32?,33-/m0/s1. The van der Waals surface area contributed by atoms with Gasteiger partial charge in [-0.15, -0.1) is 0 Å². The van der Waals surface area contributed by atoms with Crippen LogP contribution < -0.4 is 16.0 Å². The largest absolute Gasteiger partial charge is 0.459 e. The predicted molar refractivity (Wildman–Crippen MR) is 205 cm³/mol. The molecule has 13 heteroatoms. The lowest BCUT2D eigenvalue weighted by Crippen LogP contribution is -2.55. The van der Waals surface area contributed by atoms with Gasteiger partial charge in [-0.2, -0.15) is 0 Å². The molecule has 0 saturated heterocycles. The summed E-state index contributed by atoms with van der Waals surface area (Å²) >= 11 is 0. The molecule has 0 spiro atoms. The van der Waals surface area contributed by atoms with Gasteiger partial charge in [0.1, 0.15) is 24.3 Å². The number of rotatable bonds is 18. The molecule has 296 valence electrons. The van der Waals surface area contributed by atoms with Crippen molar-refractivity contribution in [3.63, 3.8) is 0 Å². The summed E-state index contributed by atoms with van der Waals surface area (Å²) < 4.78 is 23.5. The Hall–Kier alpha value is -3.45. The number of benzene rings is 1. The third-order valence-corrected chi connectivity index (χ3v) is 13.3. The molecule has 0 heterocycles. The van der Waals surface area contributed by atoms with Crippen molar-refractivity contribution >= 4 is 38.2 Å². The molecule has 0 saturated carbocycles. The van der Waals surface area contributed by atoms with Gasteiger partial charge < -0.3 is 34.6 Å². The maximum Gasteiger partial charge on any atom is 0.407 e. The van der Waals surface area contributed by atoms with Gasteiger partial charge in [0.15, 0.2) is 14.4 Å². The molecule has 5 atom stereocenters. The normalized spacial score (nSPS) is 15.3. The van der Waals surface area contributed by atoms with Gasteiger partial charge in [-0.1, -0.05) is 92.6 Å². The molecule has 12 nitrogen and oxygen atoms in total. The zero-order valence-electron chi connectivity index (χ0n) is 34.3. The first-order chi connectivity index (χ1) is 23.7. The molecule has 0 aliphatic carbocycles. The molecule has 1 aromatic carbocycles. The van der Waals surface area contributed by atoms with Crippen molar-refractivity contribution in [3.8, 4) is 0 Å². The van der Waals surface area contributed by atoms with Gasteiger partial charge in [-0.05, 0) is 75.6 Å². The van der Waals surface area contributed by atoms with E-state index in [1.807, 2.05) is 58.0 Å². The van der Waals surface area contributed by atoms with Gasteiger partial charge in [0, 0.05) is 0 Å². The minimum atomic E-state index is -2.48. The van der Waals surface area contributed by atoms with Gasteiger partial charge in [-0.25, -0.2) is 9.59 Å². The first-order valence-corrected chi connectivity index (χ1v) is 21.3. The van der Waals surface area contributed by atoms with Crippen molar-refractivity contribution in [3.05, 3.63) is 35.9 Å². The topological polar surface area (TPSA) is 158 Å². The Morgan fingerprint density at radius 3 is 1.83 bits per heavy atom.